The standard InChI is InChI=1S/C17H26O7S/c1-16(2)23-12-17(13-24-16,8-9-25(18,19)20)11-22-10-14-4-6-15(21-3)7-5-14/h4-7H,8-13H2,1-3H3,(H,18,19,20). The summed E-state index contributed by atoms with van der Waals surface area (Å²) in [5, 5.41) is 0. The maximum atomic E-state index is 11.1. The van der Waals surface area contributed by atoms with Crippen LogP contribution in [0.5, 0.6) is 5.75 Å². The molecule has 1 aromatic rings. The largest absolute Gasteiger partial charge is 0.497 e. The van der Waals surface area contributed by atoms with E-state index in [0.29, 0.717) is 19.8 Å². The Hall–Kier alpha value is -1.19. The van der Waals surface area contributed by atoms with Crippen LogP contribution in [-0.4, -0.2) is 51.4 Å². The fourth-order valence-electron chi connectivity index (χ4n) is 2.49. The Kier molecular flexibility index (Phi) is 6.45. The number of benzene rings is 1. The summed E-state index contributed by atoms with van der Waals surface area (Å²) in [5.74, 6) is -0.298. The van der Waals surface area contributed by atoms with Gasteiger partial charge in [-0.25, -0.2) is 0 Å². The minimum atomic E-state index is -4.06. The van der Waals surface area contributed by atoms with E-state index in [2.05, 4.69) is 0 Å². The molecule has 0 atom stereocenters. The fourth-order valence-corrected chi connectivity index (χ4v) is 3.18. The first kappa shape index (κ1) is 20.1. The van der Waals surface area contributed by atoms with Gasteiger partial charge in [0, 0.05) is 5.41 Å². The fraction of sp³-hybridized carbons (Fsp3) is 0.647. The Labute approximate surface area is 149 Å². The summed E-state index contributed by atoms with van der Waals surface area (Å²) in [5.41, 5.74) is 0.362. The average Bonchev–Trinajstić information content (AvgIpc) is 2.55. The molecule has 2 rings (SSSR count). The molecule has 0 bridgehead atoms. The molecule has 7 nitrogen and oxygen atoms in total. The molecule has 0 saturated carbocycles. The molecule has 0 amide bonds. The Bertz CT molecular complexity index is 642. The van der Waals surface area contributed by atoms with E-state index in [1.165, 1.54) is 0 Å². The van der Waals surface area contributed by atoms with E-state index in [9.17, 15) is 8.42 Å². The van der Waals surface area contributed by atoms with E-state index in [0.717, 1.165) is 11.3 Å². The second-order valence-electron chi connectivity index (χ2n) is 6.85. The molecule has 1 aliphatic heterocycles. The molecule has 1 N–H and O–H groups in total. The zero-order chi connectivity index (χ0) is 18.6. The molecule has 8 heteroatoms. The topological polar surface area (TPSA) is 91.3 Å². The summed E-state index contributed by atoms with van der Waals surface area (Å²) < 4.78 is 53.6. The van der Waals surface area contributed by atoms with Crippen molar-refractivity contribution in [1.82, 2.24) is 0 Å². The predicted octanol–water partition coefficient (Wildman–Crippen LogP) is 2.26. The average molecular weight is 374 g/mol. The van der Waals surface area contributed by atoms with Gasteiger partial charge in [-0.15, -0.1) is 0 Å². The van der Waals surface area contributed by atoms with Crippen molar-refractivity contribution in [1.29, 1.82) is 0 Å². The monoisotopic (exact) mass is 374 g/mol. The van der Waals surface area contributed by atoms with E-state index < -0.39 is 21.3 Å². The second kappa shape index (κ2) is 8.01. The molecule has 0 spiro atoms. The Morgan fingerprint density at radius 2 is 1.76 bits per heavy atom. The summed E-state index contributed by atoms with van der Waals surface area (Å²) in [6.07, 6.45) is 0.199. The summed E-state index contributed by atoms with van der Waals surface area (Å²) >= 11 is 0. The van der Waals surface area contributed by atoms with E-state index in [1.54, 1.807) is 21.0 Å². The van der Waals surface area contributed by atoms with Crippen LogP contribution in [0.1, 0.15) is 25.8 Å². The lowest BCUT2D eigenvalue weighted by molar-refractivity contribution is -0.292. The minimum Gasteiger partial charge on any atom is -0.497 e. The van der Waals surface area contributed by atoms with E-state index >= 15 is 0 Å². The predicted molar refractivity (Wildman–Crippen MR) is 92.1 cm³/mol. The first-order chi connectivity index (χ1) is 11.6. The van der Waals surface area contributed by atoms with Crippen LogP contribution in [-0.2, 0) is 30.9 Å². The Morgan fingerprint density at radius 1 is 1.16 bits per heavy atom. The SMILES string of the molecule is COc1ccc(COCC2(CCS(=O)(=O)O)COC(C)(C)OC2)cc1. The van der Waals surface area contributed by atoms with Gasteiger partial charge in [0.05, 0.1) is 39.3 Å². The Balaban J connectivity index is 1.95. The molecule has 0 radical (unpaired) electrons. The number of hydrogen-bond acceptors (Lipinski definition) is 6. The molecule has 142 valence electrons. The second-order valence-corrected chi connectivity index (χ2v) is 8.43. The van der Waals surface area contributed by atoms with E-state index in [-0.39, 0.29) is 18.8 Å². The van der Waals surface area contributed by atoms with Crippen LogP contribution in [0.4, 0.5) is 0 Å². The Morgan fingerprint density at radius 3 is 2.28 bits per heavy atom. The van der Waals surface area contributed by atoms with Gasteiger partial charge in [0.2, 0.25) is 0 Å². The molecule has 0 aliphatic carbocycles. The van der Waals surface area contributed by atoms with Crippen LogP contribution in [0, 0.1) is 5.41 Å². The number of methoxy groups -OCH3 is 1. The van der Waals surface area contributed by atoms with Crippen LogP contribution >= 0.6 is 0 Å². The van der Waals surface area contributed by atoms with Gasteiger partial charge in [-0.2, -0.15) is 8.42 Å². The maximum absolute atomic E-state index is 11.1. The van der Waals surface area contributed by atoms with Gasteiger partial charge >= 0.3 is 0 Å². The van der Waals surface area contributed by atoms with Crippen LogP contribution in [0.15, 0.2) is 24.3 Å². The quantitative estimate of drug-likeness (QED) is 0.698. The normalized spacial score (nSPS) is 19.5. The van der Waals surface area contributed by atoms with Gasteiger partial charge < -0.3 is 18.9 Å². The third-order valence-electron chi connectivity index (χ3n) is 4.18. The van der Waals surface area contributed by atoms with Crippen molar-refractivity contribution in [3.63, 3.8) is 0 Å². The third kappa shape index (κ3) is 6.56. The van der Waals surface area contributed by atoms with Gasteiger partial charge in [-0.1, -0.05) is 12.1 Å². The van der Waals surface area contributed by atoms with Crippen molar-refractivity contribution in [3.8, 4) is 5.75 Å². The minimum absolute atomic E-state index is 0.199. The number of hydrogen-bond donors (Lipinski definition) is 1. The number of ether oxygens (including phenoxy) is 4. The molecular weight excluding hydrogens is 348 g/mol. The summed E-state index contributed by atoms with van der Waals surface area (Å²) in [6, 6.07) is 7.51. The first-order valence-corrected chi connectivity index (χ1v) is 9.68. The molecule has 0 aromatic heterocycles. The highest BCUT2D eigenvalue weighted by Gasteiger charge is 2.41. The molecule has 25 heavy (non-hydrogen) atoms. The lowest BCUT2D eigenvalue weighted by Crippen LogP contribution is -2.49. The van der Waals surface area contributed by atoms with Crippen molar-refractivity contribution in [2.24, 2.45) is 5.41 Å². The molecule has 1 heterocycles. The molecular formula is C17H26O7S. The lowest BCUT2D eigenvalue weighted by atomic mass is 9.87. The summed E-state index contributed by atoms with van der Waals surface area (Å²) in [6.45, 7) is 4.86. The first-order valence-electron chi connectivity index (χ1n) is 8.07. The summed E-state index contributed by atoms with van der Waals surface area (Å²) in [7, 11) is -2.45. The molecule has 1 aromatic carbocycles. The van der Waals surface area contributed by atoms with Crippen molar-refractivity contribution >= 4 is 10.1 Å². The van der Waals surface area contributed by atoms with Crippen molar-refractivity contribution in [2.75, 3.05) is 32.7 Å². The lowest BCUT2D eigenvalue weighted by Gasteiger charge is -2.43. The van der Waals surface area contributed by atoms with Crippen LogP contribution < -0.4 is 4.74 Å². The van der Waals surface area contributed by atoms with Crippen molar-refractivity contribution in [3.05, 3.63) is 29.8 Å². The molecule has 0 unspecified atom stereocenters. The highest BCUT2D eigenvalue weighted by Crippen LogP contribution is 2.33. The van der Waals surface area contributed by atoms with Crippen molar-refractivity contribution < 1.29 is 31.9 Å². The van der Waals surface area contributed by atoms with E-state index in [1.807, 2.05) is 24.3 Å². The molecule has 1 saturated heterocycles. The third-order valence-corrected chi connectivity index (χ3v) is 4.90. The van der Waals surface area contributed by atoms with Gasteiger partial charge in [0.25, 0.3) is 10.1 Å². The van der Waals surface area contributed by atoms with Crippen LogP contribution in [0.3, 0.4) is 0 Å². The van der Waals surface area contributed by atoms with Gasteiger partial charge in [0.15, 0.2) is 5.79 Å². The maximum Gasteiger partial charge on any atom is 0.264 e. The highest BCUT2D eigenvalue weighted by molar-refractivity contribution is 7.85. The molecule has 1 fully saturated rings. The van der Waals surface area contributed by atoms with Gasteiger partial charge in [0.1, 0.15) is 5.75 Å². The highest BCUT2D eigenvalue weighted by atomic mass is 32.2. The van der Waals surface area contributed by atoms with Crippen molar-refractivity contribution in [2.45, 2.75) is 32.7 Å². The zero-order valence-corrected chi connectivity index (χ0v) is 15.7. The zero-order valence-electron chi connectivity index (χ0n) is 14.9. The molecule has 1 aliphatic rings. The van der Waals surface area contributed by atoms with Gasteiger partial charge in [-0.05, 0) is 38.0 Å². The summed E-state index contributed by atoms with van der Waals surface area (Å²) in [4.78, 5) is 0. The van der Waals surface area contributed by atoms with E-state index in [4.69, 9.17) is 23.5 Å². The van der Waals surface area contributed by atoms with Crippen LogP contribution in [0.25, 0.3) is 0 Å². The smallest absolute Gasteiger partial charge is 0.264 e. The van der Waals surface area contributed by atoms with Crippen LogP contribution in [0.2, 0.25) is 0 Å². The number of rotatable bonds is 8. The van der Waals surface area contributed by atoms with Gasteiger partial charge in [-0.3, -0.25) is 4.55 Å².